The normalized spacial score (nSPS) is 12.5. The van der Waals surface area contributed by atoms with Crippen LogP contribution in [0.1, 0.15) is 17.2 Å². The molecule has 0 saturated carbocycles. The van der Waals surface area contributed by atoms with Gasteiger partial charge in [0.05, 0.1) is 6.04 Å². The van der Waals surface area contributed by atoms with Gasteiger partial charge < -0.3 is 10.2 Å². The van der Waals surface area contributed by atoms with Crippen LogP contribution in [0.4, 0.5) is 4.39 Å². The Balaban J connectivity index is 1.99. The van der Waals surface area contributed by atoms with E-state index in [1.807, 2.05) is 49.3 Å². The van der Waals surface area contributed by atoms with Crippen molar-refractivity contribution in [1.29, 1.82) is 0 Å². The van der Waals surface area contributed by atoms with Crippen molar-refractivity contribution in [3.05, 3.63) is 76.0 Å². The maximum Gasteiger partial charge on any atom is 0.244 e. The number of rotatable bonds is 6. The molecule has 5 heteroatoms. The van der Waals surface area contributed by atoms with Gasteiger partial charge in [-0.2, -0.15) is 0 Å². The van der Waals surface area contributed by atoms with Crippen molar-refractivity contribution in [3.8, 4) is 0 Å². The summed E-state index contributed by atoms with van der Waals surface area (Å²) in [5, 5.41) is 2.87. The summed E-state index contributed by atoms with van der Waals surface area (Å²) in [5.41, 5.74) is 1.76. The van der Waals surface area contributed by atoms with E-state index in [2.05, 4.69) is 21.2 Å². The van der Waals surface area contributed by atoms with Gasteiger partial charge in [-0.25, -0.2) is 4.39 Å². The highest BCUT2D eigenvalue weighted by molar-refractivity contribution is 9.10. The Kier molecular flexibility index (Phi) is 6.70. The van der Waals surface area contributed by atoms with Crippen LogP contribution in [0.3, 0.4) is 0 Å². The number of likely N-dealkylation sites (N-methyl/N-ethyl adjacent to an activating group) is 1. The van der Waals surface area contributed by atoms with Crippen molar-refractivity contribution in [1.82, 2.24) is 10.2 Å². The van der Waals surface area contributed by atoms with Gasteiger partial charge in [0.1, 0.15) is 5.82 Å². The summed E-state index contributed by atoms with van der Waals surface area (Å²) >= 11 is 3.44. The quantitative estimate of drug-likeness (QED) is 0.755. The molecule has 0 spiro atoms. The van der Waals surface area contributed by atoms with E-state index >= 15 is 0 Å². The molecule has 2 rings (SSSR count). The van der Waals surface area contributed by atoms with Gasteiger partial charge in [-0.05, 0) is 49.5 Å². The summed E-state index contributed by atoms with van der Waals surface area (Å²) in [4.78, 5) is 14.0. The number of carbonyl (C=O) groups excluding carboxylic acids is 1. The van der Waals surface area contributed by atoms with Gasteiger partial charge in [0.2, 0.25) is 5.91 Å². The Bertz CT molecular complexity index is 731. The summed E-state index contributed by atoms with van der Waals surface area (Å²) < 4.78 is 14.3. The van der Waals surface area contributed by atoms with Gasteiger partial charge in [-0.1, -0.05) is 46.3 Å². The van der Waals surface area contributed by atoms with Gasteiger partial charge in [0.15, 0.2) is 0 Å². The number of benzene rings is 2. The zero-order chi connectivity index (χ0) is 17.5. The summed E-state index contributed by atoms with van der Waals surface area (Å²) in [6.07, 6.45) is 3.25. The average Bonchev–Trinajstić information content (AvgIpc) is 2.54. The average molecular weight is 391 g/mol. The van der Waals surface area contributed by atoms with Crippen LogP contribution in [0, 0.1) is 5.82 Å². The molecule has 0 heterocycles. The standard InChI is InChI=1S/C19H20BrFN2O/c1-23(2)18(15-7-5-8-16(21)12-15)13-22-19(24)11-10-14-6-3-4-9-17(14)20/h3-12,18H,13H2,1-2H3,(H,22,24)/b11-10+. The molecule has 0 bridgehead atoms. The smallest absolute Gasteiger partial charge is 0.244 e. The molecular formula is C19H20BrFN2O. The minimum atomic E-state index is -0.278. The third-order valence-electron chi connectivity index (χ3n) is 3.65. The third-order valence-corrected chi connectivity index (χ3v) is 4.37. The van der Waals surface area contributed by atoms with Crippen LogP contribution in [0.15, 0.2) is 59.1 Å². The first kappa shape index (κ1) is 18.4. The second kappa shape index (κ2) is 8.76. The molecule has 1 N–H and O–H groups in total. The summed E-state index contributed by atoms with van der Waals surface area (Å²) in [7, 11) is 3.80. The second-order valence-electron chi connectivity index (χ2n) is 5.63. The van der Waals surface area contributed by atoms with Crippen LogP contribution >= 0.6 is 15.9 Å². The molecule has 0 aliphatic carbocycles. The zero-order valence-corrected chi connectivity index (χ0v) is 15.3. The third kappa shape index (κ3) is 5.28. The Morgan fingerprint density at radius 1 is 1.25 bits per heavy atom. The molecule has 126 valence electrons. The van der Waals surface area contributed by atoms with E-state index < -0.39 is 0 Å². The molecule has 24 heavy (non-hydrogen) atoms. The number of hydrogen-bond acceptors (Lipinski definition) is 2. The first-order valence-corrected chi connectivity index (χ1v) is 8.39. The van der Waals surface area contributed by atoms with E-state index in [0.717, 1.165) is 15.6 Å². The molecule has 0 aliphatic rings. The van der Waals surface area contributed by atoms with Crippen molar-refractivity contribution in [2.24, 2.45) is 0 Å². The molecular weight excluding hydrogens is 371 g/mol. The van der Waals surface area contributed by atoms with Gasteiger partial charge >= 0.3 is 0 Å². The van der Waals surface area contributed by atoms with Crippen LogP contribution in [0.25, 0.3) is 6.08 Å². The molecule has 3 nitrogen and oxygen atoms in total. The lowest BCUT2D eigenvalue weighted by Gasteiger charge is -2.24. The number of nitrogens with zero attached hydrogens (tertiary/aromatic N) is 1. The maximum atomic E-state index is 13.4. The van der Waals surface area contributed by atoms with Crippen LogP contribution < -0.4 is 5.32 Å². The Labute approximate surface area is 150 Å². The lowest BCUT2D eigenvalue weighted by molar-refractivity contribution is -0.116. The van der Waals surface area contributed by atoms with Crippen molar-refractivity contribution in [3.63, 3.8) is 0 Å². The molecule has 2 aromatic carbocycles. The fourth-order valence-electron chi connectivity index (χ4n) is 2.34. The van der Waals surface area contributed by atoms with Gasteiger partial charge in [0, 0.05) is 17.1 Å². The number of amides is 1. The molecule has 1 amide bonds. The van der Waals surface area contributed by atoms with Gasteiger partial charge in [-0.15, -0.1) is 0 Å². The van der Waals surface area contributed by atoms with Crippen LogP contribution in [-0.2, 0) is 4.79 Å². The number of hydrogen-bond donors (Lipinski definition) is 1. The second-order valence-corrected chi connectivity index (χ2v) is 6.49. The minimum Gasteiger partial charge on any atom is -0.351 e. The minimum absolute atomic E-state index is 0.0958. The highest BCUT2D eigenvalue weighted by Gasteiger charge is 2.15. The molecule has 2 aromatic rings. The fourth-order valence-corrected chi connectivity index (χ4v) is 2.76. The lowest BCUT2D eigenvalue weighted by atomic mass is 10.1. The lowest BCUT2D eigenvalue weighted by Crippen LogP contribution is -2.33. The molecule has 0 aromatic heterocycles. The van der Waals surface area contributed by atoms with Crippen molar-refractivity contribution >= 4 is 27.9 Å². The fraction of sp³-hybridized carbons (Fsp3) is 0.211. The van der Waals surface area contributed by atoms with Crippen molar-refractivity contribution < 1.29 is 9.18 Å². The molecule has 0 radical (unpaired) electrons. The molecule has 1 unspecified atom stereocenters. The number of halogens is 2. The van der Waals surface area contributed by atoms with Gasteiger partial charge in [0.25, 0.3) is 0 Å². The number of nitrogens with one attached hydrogen (secondary N) is 1. The van der Waals surface area contributed by atoms with E-state index in [0.29, 0.717) is 6.54 Å². The summed E-state index contributed by atoms with van der Waals surface area (Å²) in [6.45, 7) is 0.398. The Morgan fingerprint density at radius 3 is 2.67 bits per heavy atom. The van der Waals surface area contributed by atoms with Crippen molar-refractivity contribution in [2.45, 2.75) is 6.04 Å². The van der Waals surface area contributed by atoms with Gasteiger partial charge in [-0.3, -0.25) is 4.79 Å². The van der Waals surface area contributed by atoms with Crippen molar-refractivity contribution in [2.75, 3.05) is 20.6 Å². The largest absolute Gasteiger partial charge is 0.351 e. The molecule has 0 aliphatic heterocycles. The van der Waals surface area contributed by atoms with E-state index in [9.17, 15) is 9.18 Å². The van der Waals surface area contributed by atoms with Crippen LogP contribution in [0.5, 0.6) is 0 Å². The maximum absolute atomic E-state index is 13.4. The zero-order valence-electron chi connectivity index (χ0n) is 13.7. The van der Waals surface area contributed by atoms with E-state index in [4.69, 9.17) is 0 Å². The first-order chi connectivity index (χ1) is 11.5. The van der Waals surface area contributed by atoms with E-state index in [1.165, 1.54) is 18.2 Å². The predicted molar refractivity (Wildman–Crippen MR) is 99.0 cm³/mol. The summed E-state index contributed by atoms with van der Waals surface area (Å²) in [6, 6.07) is 14.0. The molecule has 0 saturated heterocycles. The Hall–Kier alpha value is -1.98. The highest BCUT2D eigenvalue weighted by atomic mass is 79.9. The van der Waals surface area contributed by atoms with Crippen LogP contribution in [-0.4, -0.2) is 31.4 Å². The highest BCUT2D eigenvalue weighted by Crippen LogP contribution is 2.19. The first-order valence-electron chi connectivity index (χ1n) is 7.59. The van der Waals surface area contributed by atoms with Crippen LogP contribution in [0.2, 0.25) is 0 Å². The monoisotopic (exact) mass is 390 g/mol. The molecule has 1 atom stereocenters. The van der Waals surface area contributed by atoms with E-state index in [-0.39, 0.29) is 17.8 Å². The van der Waals surface area contributed by atoms with E-state index in [1.54, 1.807) is 12.1 Å². The Morgan fingerprint density at radius 2 is 2.00 bits per heavy atom. The topological polar surface area (TPSA) is 32.3 Å². The predicted octanol–water partition coefficient (Wildman–Crippen LogP) is 4.02. The SMILES string of the molecule is CN(C)C(CNC(=O)/C=C/c1ccccc1Br)c1cccc(F)c1. The molecule has 0 fully saturated rings. The number of carbonyl (C=O) groups is 1. The summed E-state index contributed by atoms with van der Waals surface area (Å²) in [5.74, 6) is -0.464.